The molecule has 0 spiro atoms. The summed E-state index contributed by atoms with van der Waals surface area (Å²) < 4.78 is 6.21. The second kappa shape index (κ2) is 2.46. The van der Waals surface area contributed by atoms with Gasteiger partial charge in [0.2, 0.25) is 0 Å². The maximum absolute atomic E-state index is 5.73. The summed E-state index contributed by atoms with van der Waals surface area (Å²) in [5.74, 6) is 0.840. The third-order valence-corrected chi connectivity index (χ3v) is 2.25. The van der Waals surface area contributed by atoms with Crippen molar-refractivity contribution < 1.29 is 4.74 Å². The van der Waals surface area contributed by atoms with Crippen LogP contribution in [-0.4, -0.2) is 11.6 Å². The zero-order valence-corrected chi connectivity index (χ0v) is 7.34. The topological polar surface area (TPSA) is 48.1 Å². The Morgan fingerprint density at radius 1 is 1.64 bits per heavy atom. The summed E-state index contributed by atoms with van der Waals surface area (Å²) in [5.41, 5.74) is 6.71. The van der Waals surface area contributed by atoms with Crippen LogP contribution in [0.5, 0.6) is 5.75 Å². The molecule has 2 N–H and O–H groups in total. The van der Waals surface area contributed by atoms with Gasteiger partial charge in [0, 0.05) is 18.0 Å². The van der Waals surface area contributed by atoms with Crippen LogP contribution in [0, 0.1) is 0 Å². The summed E-state index contributed by atoms with van der Waals surface area (Å²) in [7, 11) is 0. The first-order valence-electron chi connectivity index (χ1n) is 3.31. The smallest absolute Gasteiger partial charge is 0.141 e. The molecule has 4 heteroatoms. The van der Waals surface area contributed by atoms with Gasteiger partial charge in [0.15, 0.2) is 0 Å². The van der Waals surface area contributed by atoms with Gasteiger partial charge in [0.05, 0.1) is 10.5 Å². The Hall–Kier alpha value is -0.610. The summed E-state index contributed by atoms with van der Waals surface area (Å²) in [6.07, 6.45) is 3.45. The highest BCUT2D eigenvalue weighted by molar-refractivity contribution is 9.10. The molecule has 0 aliphatic carbocycles. The number of rotatable bonds is 0. The minimum atomic E-state index is -0.0185. The lowest BCUT2D eigenvalue weighted by Crippen LogP contribution is -2.10. The minimum absolute atomic E-state index is 0.0185. The molecule has 1 atom stereocenters. The van der Waals surface area contributed by atoms with Gasteiger partial charge in [0.1, 0.15) is 12.4 Å². The fourth-order valence-corrected chi connectivity index (χ4v) is 1.58. The van der Waals surface area contributed by atoms with Crippen molar-refractivity contribution in [3.8, 4) is 5.75 Å². The first-order valence-corrected chi connectivity index (χ1v) is 4.10. The second-order valence-electron chi connectivity index (χ2n) is 2.46. The lowest BCUT2D eigenvalue weighted by molar-refractivity contribution is 0.331. The van der Waals surface area contributed by atoms with Crippen molar-refractivity contribution in [2.24, 2.45) is 5.73 Å². The summed E-state index contributed by atoms with van der Waals surface area (Å²) in [4.78, 5) is 4.00. The van der Waals surface area contributed by atoms with Gasteiger partial charge in [0.25, 0.3) is 0 Å². The van der Waals surface area contributed by atoms with Crippen LogP contribution >= 0.6 is 15.9 Å². The van der Waals surface area contributed by atoms with E-state index in [-0.39, 0.29) is 6.04 Å². The van der Waals surface area contributed by atoms with Gasteiger partial charge in [-0.15, -0.1) is 0 Å². The number of hydrogen-bond donors (Lipinski definition) is 1. The molecule has 1 aliphatic heterocycles. The van der Waals surface area contributed by atoms with Crippen molar-refractivity contribution >= 4 is 15.9 Å². The fraction of sp³-hybridized carbons (Fsp3) is 0.286. The zero-order chi connectivity index (χ0) is 7.84. The van der Waals surface area contributed by atoms with E-state index in [1.807, 2.05) is 0 Å². The molecule has 0 radical (unpaired) electrons. The van der Waals surface area contributed by atoms with E-state index in [1.165, 1.54) is 0 Å². The van der Waals surface area contributed by atoms with Crippen molar-refractivity contribution in [2.45, 2.75) is 6.04 Å². The Morgan fingerprint density at radius 2 is 2.45 bits per heavy atom. The zero-order valence-electron chi connectivity index (χ0n) is 5.75. The molecule has 0 saturated heterocycles. The van der Waals surface area contributed by atoms with Crippen LogP contribution in [0.3, 0.4) is 0 Å². The molecule has 0 bridgehead atoms. The molecular weight excluding hydrogens is 208 g/mol. The highest BCUT2D eigenvalue weighted by Gasteiger charge is 2.22. The predicted octanol–water partition coefficient (Wildman–Crippen LogP) is 1.24. The van der Waals surface area contributed by atoms with Gasteiger partial charge in [-0.05, 0) is 15.9 Å². The van der Waals surface area contributed by atoms with E-state index in [2.05, 4.69) is 20.9 Å². The highest BCUT2D eigenvalue weighted by atomic mass is 79.9. The second-order valence-corrected chi connectivity index (χ2v) is 3.31. The van der Waals surface area contributed by atoms with Gasteiger partial charge in [-0.3, -0.25) is 4.98 Å². The third-order valence-electron chi connectivity index (χ3n) is 1.69. The van der Waals surface area contributed by atoms with Crippen molar-refractivity contribution in [1.82, 2.24) is 4.98 Å². The van der Waals surface area contributed by atoms with E-state index in [9.17, 15) is 0 Å². The molecule has 0 aromatic carbocycles. The average molecular weight is 215 g/mol. The number of nitrogens with zero attached hydrogens (tertiary/aromatic N) is 1. The van der Waals surface area contributed by atoms with E-state index in [0.29, 0.717) is 6.61 Å². The van der Waals surface area contributed by atoms with Crippen molar-refractivity contribution in [3.05, 3.63) is 22.4 Å². The van der Waals surface area contributed by atoms with Crippen LogP contribution in [0.2, 0.25) is 0 Å². The number of pyridine rings is 1. The molecule has 2 heterocycles. The van der Waals surface area contributed by atoms with Crippen LogP contribution < -0.4 is 10.5 Å². The van der Waals surface area contributed by atoms with Gasteiger partial charge in [-0.1, -0.05) is 0 Å². The minimum Gasteiger partial charge on any atom is -0.490 e. The number of halogens is 1. The number of hydrogen-bond acceptors (Lipinski definition) is 3. The van der Waals surface area contributed by atoms with Gasteiger partial charge < -0.3 is 10.5 Å². The van der Waals surface area contributed by atoms with Crippen LogP contribution in [0.4, 0.5) is 0 Å². The predicted molar refractivity (Wildman–Crippen MR) is 44.4 cm³/mol. The van der Waals surface area contributed by atoms with Crippen molar-refractivity contribution in [3.63, 3.8) is 0 Å². The van der Waals surface area contributed by atoms with E-state index in [4.69, 9.17) is 10.5 Å². The molecule has 0 amide bonds. The third kappa shape index (κ3) is 1.02. The maximum atomic E-state index is 5.73. The average Bonchev–Trinajstić information content (AvgIpc) is 2.35. The molecule has 2 rings (SSSR count). The van der Waals surface area contributed by atoms with Gasteiger partial charge in [-0.2, -0.15) is 0 Å². The number of ether oxygens (including phenoxy) is 1. The Bertz CT molecular complexity index is 290. The lowest BCUT2D eigenvalue weighted by Gasteiger charge is -1.99. The number of fused-ring (bicyclic) bond motifs is 1. The molecule has 1 aliphatic rings. The molecule has 0 saturated carbocycles. The molecule has 0 fully saturated rings. The molecule has 0 unspecified atom stereocenters. The molecular formula is C7H7BrN2O. The van der Waals surface area contributed by atoms with E-state index in [0.717, 1.165) is 15.8 Å². The fourth-order valence-electron chi connectivity index (χ4n) is 1.12. The Labute approximate surface area is 72.7 Å². The largest absolute Gasteiger partial charge is 0.490 e. The van der Waals surface area contributed by atoms with Crippen LogP contribution in [0.1, 0.15) is 11.6 Å². The van der Waals surface area contributed by atoms with Crippen LogP contribution in [0.15, 0.2) is 16.9 Å². The van der Waals surface area contributed by atoms with E-state index < -0.39 is 0 Å². The molecule has 1 aromatic heterocycles. The molecule has 11 heavy (non-hydrogen) atoms. The first kappa shape index (κ1) is 7.06. The van der Waals surface area contributed by atoms with Crippen LogP contribution in [-0.2, 0) is 0 Å². The normalized spacial score (nSPS) is 21.1. The Balaban J connectivity index is 2.57. The number of nitrogens with two attached hydrogens (primary N) is 1. The standard InChI is InChI=1S/C7H7BrN2O/c8-5-2-10-1-4-6(9)3-11-7(4)5/h1-2,6H,3,9H2/t6-/m1/s1. The summed E-state index contributed by atoms with van der Waals surface area (Å²) >= 11 is 3.33. The van der Waals surface area contributed by atoms with Crippen LogP contribution in [0.25, 0.3) is 0 Å². The summed E-state index contributed by atoms with van der Waals surface area (Å²) in [6.45, 7) is 0.555. The SMILES string of the molecule is N[C@@H]1COc2c(Br)cncc21. The lowest BCUT2D eigenvalue weighted by atomic mass is 10.2. The highest BCUT2D eigenvalue weighted by Crippen LogP contribution is 2.35. The van der Waals surface area contributed by atoms with Gasteiger partial charge in [-0.25, -0.2) is 0 Å². The monoisotopic (exact) mass is 214 g/mol. The van der Waals surface area contributed by atoms with E-state index >= 15 is 0 Å². The quantitative estimate of drug-likeness (QED) is 0.708. The Morgan fingerprint density at radius 3 is 3.18 bits per heavy atom. The Kier molecular flexibility index (Phi) is 1.58. The summed E-state index contributed by atoms with van der Waals surface area (Å²) in [6, 6.07) is -0.0185. The first-order chi connectivity index (χ1) is 5.29. The molecule has 3 nitrogen and oxygen atoms in total. The van der Waals surface area contributed by atoms with Crippen molar-refractivity contribution in [1.29, 1.82) is 0 Å². The summed E-state index contributed by atoms with van der Waals surface area (Å²) in [5, 5.41) is 0. The maximum Gasteiger partial charge on any atom is 0.141 e. The van der Waals surface area contributed by atoms with Gasteiger partial charge >= 0.3 is 0 Å². The molecule has 1 aromatic rings. The van der Waals surface area contributed by atoms with E-state index in [1.54, 1.807) is 12.4 Å². The van der Waals surface area contributed by atoms with Crippen molar-refractivity contribution in [2.75, 3.05) is 6.61 Å². The number of aromatic nitrogens is 1. The molecule has 58 valence electrons.